The summed E-state index contributed by atoms with van der Waals surface area (Å²) in [6, 6.07) is 9.84. The molecule has 206 valence electrons. The van der Waals surface area contributed by atoms with E-state index >= 15 is 4.39 Å². The molecule has 4 aliphatic rings. The number of imide groups is 1. The number of amides is 3. The van der Waals surface area contributed by atoms with Gasteiger partial charge in [0.25, 0.3) is 5.91 Å². The zero-order valence-electron chi connectivity index (χ0n) is 21.6. The van der Waals surface area contributed by atoms with Gasteiger partial charge in [0.15, 0.2) is 6.23 Å². The van der Waals surface area contributed by atoms with Gasteiger partial charge in [0.2, 0.25) is 11.8 Å². The molecule has 2 aromatic rings. The summed E-state index contributed by atoms with van der Waals surface area (Å²) in [6.07, 6.45) is -1.12. The minimum Gasteiger partial charge on any atom is -0.380 e. The number of halogens is 1. The zero-order valence-corrected chi connectivity index (χ0v) is 21.6. The van der Waals surface area contributed by atoms with E-state index in [-0.39, 0.29) is 30.8 Å². The molecule has 3 saturated heterocycles. The van der Waals surface area contributed by atoms with Crippen molar-refractivity contribution in [2.75, 3.05) is 44.7 Å². The highest BCUT2D eigenvalue weighted by Crippen LogP contribution is 2.39. The van der Waals surface area contributed by atoms with Gasteiger partial charge in [-0.3, -0.25) is 34.4 Å². The molecule has 0 aliphatic carbocycles. The molecule has 3 N–H and O–H groups in total. The number of likely N-dealkylation sites (tertiary alicyclic amines) is 1. The van der Waals surface area contributed by atoms with Crippen LogP contribution in [0.15, 0.2) is 36.4 Å². The van der Waals surface area contributed by atoms with Crippen molar-refractivity contribution in [2.45, 2.75) is 44.2 Å². The van der Waals surface area contributed by atoms with Crippen LogP contribution in [0.5, 0.6) is 0 Å². The summed E-state index contributed by atoms with van der Waals surface area (Å²) in [6.45, 7) is 6.32. The Morgan fingerprint density at radius 1 is 1.10 bits per heavy atom. The van der Waals surface area contributed by atoms with E-state index in [9.17, 15) is 19.5 Å². The number of nitrogens with one attached hydrogen (secondary N) is 2. The maximum atomic E-state index is 15.0. The molecule has 3 amide bonds. The number of aliphatic hydroxyl groups excluding tert-OH is 1. The lowest BCUT2D eigenvalue weighted by atomic mass is 10.0. The Kier molecular flexibility index (Phi) is 7.06. The number of morpholine rings is 1. The third kappa shape index (κ3) is 5.03. The molecule has 0 bridgehead atoms. The molecule has 4 aliphatic heterocycles. The normalized spacial score (nSPS) is 24.5. The number of fused-ring (bicyclic) bond motifs is 1. The van der Waals surface area contributed by atoms with Gasteiger partial charge in [-0.15, -0.1) is 0 Å². The second kappa shape index (κ2) is 10.6. The molecule has 6 rings (SSSR count). The van der Waals surface area contributed by atoms with Crippen molar-refractivity contribution in [3.05, 3.63) is 64.5 Å². The number of carbonyl (C=O) groups is 3. The highest BCUT2D eigenvalue weighted by Gasteiger charge is 2.45. The summed E-state index contributed by atoms with van der Waals surface area (Å²) in [7, 11) is 0. The van der Waals surface area contributed by atoms with Crippen LogP contribution in [0.1, 0.15) is 46.1 Å². The minimum atomic E-state index is -1.36. The number of aliphatic hydroxyl groups is 1. The quantitative estimate of drug-likeness (QED) is 0.452. The van der Waals surface area contributed by atoms with Crippen LogP contribution in [0, 0.1) is 5.82 Å². The first kappa shape index (κ1) is 25.9. The van der Waals surface area contributed by atoms with E-state index in [1.165, 1.54) is 0 Å². The zero-order chi connectivity index (χ0) is 27.1. The molecule has 0 spiro atoms. The van der Waals surface area contributed by atoms with Crippen molar-refractivity contribution in [3.63, 3.8) is 0 Å². The fourth-order valence-corrected chi connectivity index (χ4v) is 5.96. The van der Waals surface area contributed by atoms with Crippen molar-refractivity contribution >= 4 is 23.4 Å². The summed E-state index contributed by atoms with van der Waals surface area (Å²) in [4.78, 5) is 42.9. The third-order valence-electron chi connectivity index (χ3n) is 8.13. The van der Waals surface area contributed by atoms with E-state index in [1.807, 2.05) is 6.07 Å². The number of hydrogen-bond donors (Lipinski definition) is 3. The predicted molar refractivity (Wildman–Crippen MR) is 139 cm³/mol. The Bertz CT molecular complexity index is 1290. The molecule has 2 atom stereocenters. The van der Waals surface area contributed by atoms with Crippen molar-refractivity contribution in [1.82, 2.24) is 20.0 Å². The van der Waals surface area contributed by atoms with Crippen LogP contribution in [0.2, 0.25) is 0 Å². The Morgan fingerprint density at radius 3 is 2.64 bits per heavy atom. The first-order chi connectivity index (χ1) is 18.9. The molecule has 2 unspecified atom stereocenters. The maximum absolute atomic E-state index is 15.0. The molecule has 39 heavy (non-hydrogen) atoms. The van der Waals surface area contributed by atoms with Crippen LogP contribution in [0.25, 0.3) is 0 Å². The fraction of sp³-hybridized carbons (Fsp3) is 0.464. The number of piperidine rings is 1. The molecular weight excluding hydrogens is 505 g/mol. The third-order valence-corrected chi connectivity index (χ3v) is 8.13. The number of hydrogen-bond acceptors (Lipinski definition) is 8. The SMILES string of the molecule is O=C1CCC(N2C(=O)c3cccc(NCc4ccc(CN5CC(N6CCOCC6)C5)cc4F)c3C2O)C(=O)N1. The number of nitrogens with zero attached hydrogens (tertiary/aromatic N) is 3. The Morgan fingerprint density at radius 2 is 1.90 bits per heavy atom. The number of anilines is 1. The van der Waals surface area contributed by atoms with E-state index in [0.717, 1.165) is 49.9 Å². The van der Waals surface area contributed by atoms with Gasteiger partial charge in [0.1, 0.15) is 11.9 Å². The van der Waals surface area contributed by atoms with Crippen molar-refractivity contribution < 1.29 is 28.6 Å². The summed E-state index contributed by atoms with van der Waals surface area (Å²) < 4.78 is 20.4. The number of benzene rings is 2. The highest BCUT2D eigenvalue weighted by atomic mass is 19.1. The predicted octanol–water partition coefficient (Wildman–Crippen LogP) is 1.21. The molecule has 0 radical (unpaired) electrons. The molecule has 11 heteroatoms. The lowest BCUT2D eigenvalue weighted by Gasteiger charge is -2.46. The number of rotatable bonds is 7. The average Bonchev–Trinajstić information content (AvgIpc) is 3.16. The van der Waals surface area contributed by atoms with Gasteiger partial charge in [-0.05, 0) is 30.2 Å². The lowest BCUT2D eigenvalue weighted by molar-refractivity contribution is -0.139. The van der Waals surface area contributed by atoms with Crippen LogP contribution in [0.4, 0.5) is 10.1 Å². The minimum absolute atomic E-state index is 0.0931. The fourth-order valence-electron chi connectivity index (χ4n) is 5.96. The lowest BCUT2D eigenvalue weighted by Crippen LogP contribution is -2.60. The molecular formula is C28H32FN5O5. The second-order valence-electron chi connectivity index (χ2n) is 10.6. The Labute approximate surface area is 225 Å². The summed E-state index contributed by atoms with van der Waals surface area (Å²) in [5.41, 5.74) is 2.49. The van der Waals surface area contributed by atoms with E-state index in [1.54, 1.807) is 30.3 Å². The summed E-state index contributed by atoms with van der Waals surface area (Å²) in [5.74, 6) is -1.79. The largest absolute Gasteiger partial charge is 0.380 e. The summed E-state index contributed by atoms with van der Waals surface area (Å²) in [5, 5.41) is 16.4. The van der Waals surface area contributed by atoms with Gasteiger partial charge < -0.3 is 15.2 Å². The van der Waals surface area contributed by atoms with Crippen LogP contribution in [-0.4, -0.2) is 89.0 Å². The van der Waals surface area contributed by atoms with Crippen molar-refractivity contribution in [2.24, 2.45) is 0 Å². The smallest absolute Gasteiger partial charge is 0.257 e. The molecule has 0 aromatic heterocycles. The van der Waals surface area contributed by atoms with E-state index in [0.29, 0.717) is 29.4 Å². The van der Waals surface area contributed by atoms with Gasteiger partial charge in [-0.2, -0.15) is 0 Å². The van der Waals surface area contributed by atoms with Gasteiger partial charge in [0.05, 0.1) is 13.2 Å². The van der Waals surface area contributed by atoms with Crippen LogP contribution >= 0.6 is 0 Å². The molecule has 2 aromatic carbocycles. The van der Waals surface area contributed by atoms with Crippen LogP contribution < -0.4 is 10.6 Å². The highest BCUT2D eigenvalue weighted by molar-refractivity contribution is 6.06. The number of carbonyl (C=O) groups excluding carboxylic acids is 3. The van der Waals surface area contributed by atoms with Crippen LogP contribution in [-0.2, 0) is 27.4 Å². The second-order valence-corrected chi connectivity index (χ2v) is 10.6. The van der Waals surface area contributed by atoms with Gasteiger partial charge in [-0.25, -0.2) is 4.39 Å². The van der Waals surface area contributed by atoms with Gasteiger partial charge in [0, 0.05) is 74.1 Å². The topological polar surface area (TPSA) is 114 Å². The van der Waals surface area contributed by atoms with E-state index < -0.39 is 30.0 Å². The molecule has 3 fully saturated rings. The first-order valence-electron chi connectivity index (χ1n) is 13.4. The first-order valence-corrected chi connectivity index (χ1v) is 13.4. The van der Waals surface area contributed by atoms with Crippen molar-refractivity contribution in [3.8, 4) is 0 Å². The standard InChI is InChI=1S/C28H32FN5O5/c29-21-12-17(14-32-15-19(16-32)33-8-10-39-11-9-33)4-5-18(21)13-30-22-3-1-2-20-25(22)28(38)34(27(20)37)23-6-7-24(35)31-26(23)36/h1-5,12,19,23,28,30,38H,6-11,13-16H2,(H,31,35,36). The van der Waals surface area contributed by atoms with E-state index in [2.05, 4.69) is 20.4 Å². The number of ether oxygens (including phenoxy) is 1. The van der Waals surface area contributed by atoms with Gasteiger partial charge in [-0.1, -0.05) is 18.2 Å². The molecule has 4 heterocycles. The van der Waals surface area contributed by atoms with E-state index in [4.69, 9.17) is 4.74 Å². The monoisotopic (exact) mass is 537 g/mol. The molecule has 0 saturated carbocycles. The Hall–Kier alpha value is -3.38. The average molecular weight is 538 g/mol. The van der Waals surface area contributed by atoms with Gasteiger partial charge >= 0.3 is 0 Å². The molecule has 10 nitrogen and oxygen atoms in total. The van der Waals surface area contributed by atoms with Crippen LogP contribution in [0.3, 0.4) is 0 Å². The summed E-state index contributed by atoms with van der Waals surface area (Å²) >= 11 is 0. The maximum Gasteiger partial charge on any atom is 0.257 e. The van der Waals surface area contributed by atoms with Crippen molar-refractivity contribution in [1.29, 1.82) is 0 Å². The Balaban J connectivity index is 1.08.